The van der Waals surface area contributed by atoms with Gasteiger partial charge in [0.2, 0.25) is 11.8 Å². The van der Waals surface area contributed by atoms with Gasteiger partial charge in [0.15, 0.2) is 0 Å². The standard InChI is InChI=1S/C16H17N3OS/c1-4-11-8-12-14(18-16(17)19-15(12)21-11)20-13-7-9(2)5-6-10(13)3/h5-8H,4H2,1-3H3,(H2,17,18,19). The minimum atomic E-state index is 0.243. The Morgan fingerprint density at radius 2 is 2.00 bits per heavy atom. The second kappa shape index (κ2) is 5.33. The first-order valence-electron chi connectivity index (χ1n) is 6.88. The van der Waals surface area contributed by atoms with Crippen molar-refractivity contribution in [3.63, 3.8) is 0 Å². The van der Waals surface area contributed by atoms with Crippen LogP contribution in [0.15, 0.2) is 24.3 Å². The summed E-state index contributed by atoms with van der Waals surface area (Å²) in [4.78, 5) is 10.7. The minimum Gasteiger partial charge on any atom is -0.438 e. The molecule has 5 heteroatoms. The molecule has 0 saturated heterocycles. The quantitative estimate of drug-likeness (QED) is 0.785. The van der Waals surface area contributed by atoms with Gasteiger partial charge in [-0.1, -0.05) is 19.1 Å². The van der Waals surface area contributed by atoms with E-state index >= 15 is 0 Å². The Labute approximate surface area is 127 Å². The number of hydrogen-bond donors (Lipinski definition) is 1. The van der Waals surface area contributed by atoms with Crippen LogP contribution in [0.3, 0.4) is 0 Å². The van der Waals surface area contributed by atoms with Crippen LogP contribution in [0.5, 0.6) is 11.6 Å². The highest BCUT2D eigenvalue weighted by atomic mass is 32.1. The van der Waals surface area contributed by atoms with Crippen molar-refractivity contribution in [3.8, 4) is 11.6 Å². The molecule has 0 fully saturated rings. The molecule has 0 spiro atoms. The SMILES string of the molecule is CCc1cc2c(Oc3cc(C)ccc3C)nc(N)nc2s1. The van der Waals surface area contributed by atoms with E-state index in [1.54, 1.807) is 11.3 Å². The fraction of sp³-hybridized carbons (Fsp3) is 0.250. The maximum Gasteiger partial charge on any atom is 0.232 e. The smallest absolute Gasteiger partial charge is 0.232 e. The van der Waals surface area contributed by atoms with Crippen LogP contribution in [0.4, 0.5) is 5.95 Å². The second-order valence-electron chi connectivity index (χ2n) is 5.04. The Hall–Kier alpha value is -2.14. The monoisotopic (exact) mass is 299 g/mol. The van der Waals surface area contributed by atoms with E-state index in [-0.39, 0.29) is 5.95 Å². The Bertz CT molecular complexity index is 811. The predicted octanol–water partition coefficient (Wildman–Crippen LogP) is 4.25. The average molecular weight is 299 g/mol. The first kappa shape index (κ1) is 13.8. The van der Waals surface area contributed by atoms with Crippen LogP contribution in [0, 0.1) is 13.8 Å². The molecule has 0 aliphatic rings. The molecule has 21 heavy (non-hydrogen) atoms. The van der Waals surface area contributed by atoms with Crippen LogP contribution in [0.25, 0.3) is 10.2 Å². The summed E-state index contributed by atoms with van der Waals surface area (Å²) in [6.07, 6.45) is 0.962. The zero-order chi connectivity index (χ0) is 15.0. The van der Waals surface area contributed by atoms with Gasteiger partial charge in [-0.05, 0) is 43.5 Å². The fourth-order valence-electron chi connectivity index (χ4n) is 2.13. The van der Waals surface area contributed by atoms with Crippen molar-refractivity contribution in [2.24, 2.45) is 0 Å². The molecular formula is C16H17N3OS. The molecule has 0 saturated carbocycles. The van der Waals surface area contributed by atoms with Gasteiger partial charge in [-0.2, -0.15) is 4.98 Å². The number of aromatic nitrogens is 2. The number of nitrogen functional groups attached to an aromatic ring is 1. The summed E-state index contributed by atoms with van der Waals surface area (Å²) in [5, 5.41) is 0.923. The summed E-state index contributed by atoms with van der Waals surface area (Å²) in [6, 6.07) is 8.19. The maximum absolute atomic E-state index is 6.02. The normalized spacial score (nSPS) is 11.0. The van der Waals surface area contributed by atoms with Gasteiger partial charge in [0.05, 0.1) is 5.39 Å². The Balaban J connectivity index is 2.11. The maximum atomic E-state index is 6.02. The molecule has 0 bridgehead atoms. The molecule has 4 nitrogen and oxygen atoms in total. The van der Waals surface area contributed by atoms with Crippen molar-refractivity contribution in [2.75, 3.05) is 5.73 Å². The van der Waals surface area contributed by atoms with Crippen molar-refractivity contribution >= 4 is 27.5 Å². The summed E-state index contributed by atoms with van der Waals surface area (Å²) in [5.74, 6) is 1.58. The average Bonchev–Trinajstić information content (AvgIpc) is 2.86. The van der Waals surface area contributed by atoms with E-state index in [1.807, 2.05) is 26.0 Å². The number of ether oxygens (including phenoxy) is 1. The summed E-state index contributed by atoms with van der Waals surface area (Å²) >= 11 is 1.63. The highest BCUT2D eigenvalue weighted by molar-refractivity contribution is 7.18. The molecule has 1 aromatic carbocycles. The Kier molecular flexibility index (Phi) is 3.51. The molecule has 3 aromatic rings. The zero-order valence-corrected chi connectivity index (χ0v) is 13.1. The third-order valence-corrected chi connectivity index (χ3v) is 4.50. The lowest BCUT2D eigenvalue weighted by Crippen LogP contribution is -1.98. The first-order chi connectivity index (χ1) is 10.1. The lowest BCUT2D eigenvalue weighted by Gasteiger charge is -2.09. The van der Waals surface area contributed by atoms with Gasteiger partial charge >= 0.3 is 0 Å². The number of anilines is 1. The van der Waals surface area contributed by atoms with Crippen LogP contribution in [0.1, 0.15) is 22.9 Å². The van der Waals surface area contributed by atoms with E-state index in [0.717, 1.165) is 33.5 Å². The van der Waals surface area contributed by atoms with E-state index in [0.29, 0.717) is 5.88 Å². The number of hydrogen-bond acceptors (Lipinski definition) is 5. The van der Waals surface area contributed by atoms with Gasteiger partial charge in [0.25, 0.3) is 0 Å². The number of rotatable bonds is 3. The van der Waals surface area contributed by atoms with Crippen molar-refractivity contribution in [3.05, 3.63) is 40.3 Å². The van der Waals surface area contributed by atoms with E-state index in [2.05, 4.69) is 29.0 Å². The molecule has 0 aliphatic carbocycles. The predicted molar refractivity (Wildman–Crippen MR) is 87.2 cm³/mol. The third-order valence-electron chi connectivity index (χ3n) is 3.32. The third kappa shape index (κ3) is 2.69. The number of fused-ring (bicyclic) bond motifs is 1. The molecular weight excluding hydrogens is 282 g/mol. The molecule has 0 aliphatic heterocycles. The second-order valence-corrected chi connectivity index (χ2v) is 6.16. The Morgan fingerprint density at radius 3 is 2.76 bits per heavy atom. The van der Waals surface area contributed by atoms with Crippen LogP contribution < -0.4 is 10.5 Å². The molecule has 0 atom stereocenters. The number of aryl methyl sites for hydroxylation is 3. The molecule has 2 heterocycles. The largest absolute Gasteiger partial charge is 0.438 e. The van der Waals surface area contributed by atoms with Crippen molar-refractivity contribution in [1.82, 2.24) is 9.97 Å². The van der Waals surface area contributed by atoms with Gasteiger partial charge < -0.3 is 10.5 Å². The van der Waals surface area contributed by atoms with E-state index in [9.17, 15) is 0 Å². The number of nitrogens with two attached hydrogens (primary N) is 1. The van der Waals surface area contributed by atoms with Gasteiger partial charge in [-0.15, -0.1) is 11.3 Å². The minimum absolute atomic E-state index is 0.243. The van der Waals surface area contributed by atoms with Gasteiger partial charge in [0, 0.05) is 4.88 Å². The molecule has 108 valence electrons. The van der Waals surface area contributed by atoms with Crippen LogP contribution in [0.2, 0.25) is 0 Å². The first-order valence-corrected chi connectivity index (χ1v) is 7.69. The van der Waals surface area contributed by atoms with Gasteiger partial charge in [-0.3, -0.25) is 0 Å². The lowest BCUT2D eigenvalue weighted by atomic mass is 10.1. The highest BCUT2D eigenvalue weighted by Gasteiger charge is 2.13. The summed E-state index contributed by atoms with van der Waals surface area (Å²) in [5.41, 5.74) is 8.01. The molecule has 2 aromatic heterocycles. The van der Waals surface area contributed by atoms with Gasteiger partial charge in [-0.25, -0.2) is 4.98 Å². The molecule has 0 amide bonds. The van der Waals surface area contributed by atoms with Crippen LogP contribution in [-0.2, 0) is 6.42 Å². The topological polar surface area (TPSA) is 61.0 Å². The summed E-state index contributed by atoms with van der Waals surface area (Å²) in [6.45, 7) is 6.17. The van der Waals surface area contributed by atoms with E-state index < -0.39 is 0 Å². The fourth-order valence-corrected chi connectivity index (χ4v) is 3.10. The highest BCUT2D eigenvalue weighted by Crippen LogP contribution is 2.34. The summed E-state index contributed by atoms with van der Waals surface area (Å²) in [7, 11) is 0. The van der Waals surface area contributed by atoms with Crippen molar-refractivity contribution in [1.29, 1.82) is 0 Å². The zero-order valence-electron chi connectivity index (χ0n) is 12.3. The number of thiophene rings is 1. The molecule has 3 rings (SSSR count). The van der Waals surface area contributed by atoms with Gasteiger partial charge in [0.1, 0.15) is 10.6 Å². The number of benzene rings is 1. The van der Waals surface area contributed by atoms with Crippen molar-refractivity contribution < 1.29 is 4.74 Å². The van der Waals surface area contributed by atoms with E-state index in [4.69, 9.17) is 10.5 Å². The molecule has 2 N–H and O–H groups in total. The summed E-state index contributed by atoms with van der Waals surface area (Å²) < 4.78 is 6.02. The number of nitrogens with zero attached hydrogens (tertiary/aromatic N) is 2. The van der Waals surface area contributed by atoms with Crippen LogP contribution in [-0.4, -0.2) is 9.97 Å². The molecule has 0 radical (unpaired) electrons. The lowest BCUT2D eigenvalue weighted by molar-refractivity contribution is 0.465. The van der Waals surface area contributed by atoms with E-state index in [1.165, 1.54) is 4.88 Å². The Morgan fingerprint density at radius 1 is 1.19 bits per heavy atom. The molecule has 0 unspecified atom stereocenters. The van der Waals surface area contributed by atoms with Crippen LogP contribution >= 0.6 is 11.3 Å². The van der Waals surface area contributed by atoms with Crippen molar-refractivity contribution in [2.45, 2.75) is 27.2 Å².